The Bertz CT molecular complexity index is 802. The van der Waals surface area contributed by atoms with E-state index in [4.69, 9.17) is 9.47 Å². The first-order valence-electron chi connectivity index (χ1n) is 7.75. The summed E-state index contributed by atoms with van der Waals surface area (Å²) in [5, 5.41) is 3.17. The van der Waals surface area contributed by atoms with Gasteiger partial charge in [-0.3, -0.25) is 0 Å². The molecule has 2 aromatic rings. The number of para-hydroxylation sites is 1. The van der Waals surface area contributed by atoms with E-state index in [0.29, 0.717) is 36.2 Å². The third kappa shape index (κ3) is 4.24. The van der Waals surface area contributed by atoms with E-state index in [9.17, 15) is 8.42 Å². The van der Waals surface area contributed by atoms with Crippen LogP contribution in [-0.2, 0) is 21.1 Å². The fourth-order valence-electron chi connectivity index (χ4n) is 2.53. The summed E-state index contributed by atoms with van der Waals surface area (Å²) in [6.45, 7) is 1.78. The van der Waals surface area contributed by atoms with Crippen LogP contribution in [0.1, 0.15) is 12.0 Å². The molecule has 1 aromatic heterocycles. The molecule has 1 unspecified atom stereocenters. The van der Waals surface area contributed by atoms with Gasteiger partial charge in [0.25, 0.3) is 0 Å². The maximum absolute atomic E-state index is 11.8. The molecule has 7 heteroatoms. The van der Waals surface area contributed by atoms with Gasteiger partial charge in [-0.2, -0.15) is 0 Å². The van der Waals surface area contributed by atoms with Gasteiger partial charge < -0.3 is 14.8 Å². The van der Waals surface area contributed by atoms with Crippen molar-refractivity contribution < 1.29 is 17.9 Å². The number of aromatic nitrogens is 1. The van der Waals surface area contributed by atoms with Crippen molar-refractivity contribution in [3.8, 4) is 5.88 Å². The molecule has 1 aromatic carbocycles. The van der Waals surface area contributed by atoms with E-state index in [-0.39, 0.29) is 6.10 Å². The Labute approximate surface area is 141 Å². The Morgan fingerprint density at radius 1 is 1.33 bits per heavy atom. The molecule has 1 N–H and O–H groups in total. The SMILES string of the molecule is CS(=O)(=O)c1ccccc1NCc1ccnc(OC2CCOC2)c1. The summed E-state index contributed by atoms with van der Waals surface area (Å²) in [5.41, 5.74) is 1.55. The van der Waals surface area contributed by atoms with Gasteiger partial charge in [0.05, 0.1) is 23.8 Å². The first-order valence-corrected chi connectivity index (χ1v) is 9.64. The maximum atomic E-state index is 11.8. The summed E-state index contributed by atoms with van der Waals surface area (Å²) in [6, 6.07) is 10.6. The van der Waals surface area contributed by atoms with E-state index in [1.807, 2.05) is 12.1 Å². The Hall–Kier alpha value is -2.12. The van der Waals surface area contributed by atoms with Crippen molar-refractivity contribution in [2.45, 2.75) is 24.0 Å². The fourth-order valence-corrected chi connectivity index (χ4v) is 3.40. The van der Waals surface area contributed by atoms with Crippen LogP contribution < -0.4 is 10.1 Å². The molecule has 6 nitrogen and oxygen atoms in total. The first kappa shape index (κ1) is 16.7. The molecule has 0 saturated carbocycles. The molecule has 128 valence electrons. The van der Waals surface area contributed by atoms with E-state index in [1.165, 1.54) is 6.26 Å². The van der Waals surface area contributed by atoms with Crippen LogP contribution >= 0.6 is 0 Å². The lowest BCUT2D eigenvalue weighted by Gasteiger charge is -2.13. The number of hydrogen-bond donors (Lipinski definition) is 1. The lowest BCUT2D eigenvalue weighted by atomic mass is 10.2. The Balaban J connectivity index is 1.69. The van der Waals surface area contributed by atoms with Crippen molar-refractivity contribution in [2.75, 3.05) is 24.8 Å². The van der Waals surface area contributed by atoms with Gasteiger partial charge in [0.2, 0.25) is 5.88 Å². The average molecular weight is 348 g/mol. The molecule has 0 radical (unpaired) electrons. The monoisotopic (exact) mass is 348 g/mol. The summed E-state index contributed by atoms with van der Waals surface area (Å²) in [6.07, 6.45) is 3.80. The molecule has 0 bridgehead atoms. The van der Waals surface area contributed by atoms with Gasteiger partial charge in [0.1, 0.15) is 6.10 Å². The highest BCUT2D eigenvalue weighted by Gasteiger charge is 2.18. The topological polar surface area (TPSA) is 77.5 Å². The van der Waals surface area contributed by atoms with E-state index >= 15 is 0 Å². The van der Waals surface area contributed by atoms with Crippen LogP contribution in [0.4, 0.5) is 5.69 Å². The number of rotatable bonds is 6. The van der Waals surface area contributed by atoms with Crippen molar-refractivity contribution in [3.63, 3.8) is 0 Å². The van der Waals surface area contributed by atoms with Crippen molar-refractivity contribution in [1.29, 1.82) is 0 Å². The third-order valence-corrected chi connectivity index (χ3v) is 4.90. The van der Waals surface area contributed by atoms with Gasteiger partial charge in [-0.05, 0) is 23.8 Å². The Morgan fingerprint density at radius 2 is 2.17 bits per heavy atom. The zero-order chi connectivity index (χ0) is 17.0. The second-order valence-corrected chi connectivity index (χ2v) is 7.71. The molecule has 24 heavy (non-hydrogen) atoms. The quantitative estimate of drug-likeness (QED) is 0.863. The second kappa shape index (κ2) is 7.19. The fraction of sp³-hybridized carbons (Fsp3) is 0.353. The number of anilines is 1. The van der Waals surface area contributed by atoms with Gasteiger partial charge in [0.15, 0.2) is 9.84 Å². The summed E-state index contributed by atoms with van der Waals surface area (Å²) in [4.78, 5) is 4.50. The van der Waals surface area contributed by atoms with E-state index < -0.39 is 9.84 Å². The van der Waals surface area contributed by atoms with Crippen molar-refractivity contribution >= 4 is 15.5 Å². The van der Waals surface area contributed by atoms with E-state index in [1.54, 1.807) is 30.5 Å². The van der Waals surface area contributed by atoms with Gasteiger partial charge in [-0.15, -0.1) is 0 Å². The molecular formula is C17H20N2O4S. The minimum Gasteiger partial charge on any atom is -0.472 e. The number of ether oxygens (including phenoxy) is 2. The zero-order valence-corrected chi connectivity index (χ0v) is 14.3. The van der Waals surface area contributed by atoms with Crippen LogP contribution in [-0.4, -0.2) is 39.0 Å². The Morgan fingerprint density at radius 3 is 2.92 bits per heavy atom. The summed E-state index contributed by atoms with van der Waals surface area (Å²) in [5.74, 6) is 0.557. The number of hydrogen-bond acceptors (Lipinski definition) is 6. The first-order chi connectivity index (χ1) is 11.5. The number of pyridine rings is 1. The lowest BCUT2D eigenvalue weighted by Crippen LogP contribution is -2.16. The highest BCUT2D eigenvalue weighted by molar-refractivity contribution is 7.90. The van der Waals surface area contributed by atoms with E-state index in [0.717, 1.165) is 12.0 Å². The van der Waals surface area contributed by atoms with E-state index in [2.05, 4.69) is 10.3 Å². The largest absolute Gasteiger partial charge is 0.472 e. The molecule has 1 aliphatic rings. The molecule has 3 rings (SSSR count). The number of nitrogens with one attached hydrogen (secondary N) is 1. The molecule has 0 amide bonds. The van der Waals surface area contributed by atoms with Crippen LogP contribution in [0.2, 0.25) is 0 Å². The lowest BCUT2D eigenvalue weighted by molar-refractivity contribution is 0.138. The highest BCUT2D eigenvalue weighted by atomic mass is 32.2. The molecule has 1 saturated heterocycles. The molecular weight excluding hydrogens is 328 g/mol. The summed E-state index contributed by atoms with van der Waals surface area (Å²) in [7, 11) is -3.28. The van der Waals surface area contributed by atoms with Gasteiger partial charge >= 0.3 is 0 Å². The van der Waals surface area contributed by atoms with Crippen molar-refractivity contribution in [2.24, 2.45) is 0 Å². The van der Waals surface area contributed by atoms with Gasteiger partial charge in [-0.1, -0.05) is 12.1 Å². The second-order valence-electron chi connectivity index (χ2n) is 5.73. The minimum atomic E-state index is -3.28. The van der Waals surface area contributed by atoms with Crippen LogP contribution in [0.3, 0.4) is 0 Å². The molecule has 0 spiro atoms. The van der Waals surface area contributed by atoms with Crippen molar-refractivity contribution in [3.05, 3.63) is 48.2 Å². The standard InChI is InChI=1S/C17H20N2O4S/c1-24(20,21)16-5-3-2-4-15(16)19-11-13-6-8-18-17(10-13)23-14-7-9-22-12-14/h2-6,8,10,14,19H,7,9,11-12H2,1H3. The van der Waals surface area contributed by atoms with Crippen LogP contribution in [0.25, 0.3) is 0 Å². The highest BCUT2D eigenvalue weighted by Crippen LogP contribution is 2.22. The number of sulfone groups is 1. The molecule has 1 aliphatic heterocycles. The maximum Gasteiger partial charge on any atom is 0.213 e. The normalized spacial score (nSPS) is 17.6. The number of nitrogens with zero attached hydrogens (tertiary/aromatic N) is 1. The van der Waals surface area contributed by atoms with Crippen LogP contribution in [0.15, 0.2) is 47.5 Å². The van der Waals surface area contributed by atoms with Gasteiger partial charge in [0, 0.05) is 31.5 Å². The van der Waals surface area contributed by atoms with Gasteiger partial charge in [-0.25, -0.2) is 13.4 Å². The average Bonchev–Trinajstić information content (AvgIpc) is 3.06. The van der Waals surface area contributed by atoms with Crippen LogP contribution in [0.5, 0.6) is 5.88 Å². The molecule has 1 atom stereocenters. The predicted octanol–water partition coefficient (Wildman–Crippen LogP) is 2.26. The smallest absolute Gasteiger partial charge is 0.213 e. The Kier molecular flexibility index (Phi) is 5.01. The zero-order valence-electron chi connectivity index (χ0n) is 13.4. The van der Waals surface area contributed by atoms with Crippen LogP contribution in [0, 0.1) is 0 Å². The minimum absolute atomic E-state index is 0.0478. The summed E-state index contributed by atoms with van der Waals surface area (Å²) < 4.78 is 34.7. The predicted molar refractivity (Wildman–Crippen MR) is 91.0 cm³/mol. The molecule has 1 fully saturated rings. The van der Waals surface area contributed by atoms with Crippen molar-refractivity contribution in [1.82, 2.24) is 4.98 Å². The summed E-state index contributed by atoms with van der Waals surface area (Å²) >= 11 is 0. The third-order valence-electron chi connectivity index (χ3n) is 3.74. The molecule has 2 heterocycles. The number of benzene rings is 1. The molecule has 0 aliphatic carbocycles.